The predicted molar refractivity (Wildman–Crippen MR) is 135 cm³/mol. The number of carbonyl (C=O) groups excluding carboxylic acids is 1. The first-order chi connectivity index (χ1) is 17.5. The van der Waals surface area contributed by atoms with E-state index in [0.29, 0.717) is 17.4 Å². The average Bonchev–Trinajstić information content (AvgIpc) is 3.71. The minimum absolute atomic E-state index is 0.00353. The third-order valence-electron chi connectivity index (χ3n) is 7.71. The van der Waals surface area contributed by atoms with E-state index in [1.807, 2.05) is 12.1 Å². The van der Waals surface area contributed by atoms with Crippen LogP contribution in [0.2, 0.25) is 0 Å². The maximum Gasteiger partial charge on any atom is 0.357 e. The molecule has 2 heterocycles. The van der Waals surface area contributed by atoms with E-state index in [4.69, 9.17) is 9.82 Å². The van der Waals surface area contributed by atoms with Crippen molar-refractivity contribution in [3.63, 3.8) is 0 Å². The monoisotopic (exact) mass is 493 g/mol. The smallest absolute Gasteiger partial charge is 0.357 e. The van der Waals surface area contributed by atoms with Crippen molar-refractivity contribution in [1.82, 2.24) is 10.0 Å². The molecular weight excluding hydrogens is 458 g/mol. The number of pyridine rings is 1. The SMILES string of the molecule is O=C(ON(C1CC(CCc2ccc3c(n2)NCCC3)C1)[C@@H](CCO)C(=O)O)c1ccc(C2CC2)cc1. The summed E-state index contributed by atoms with van der Waals surface area (Å²) >= 11 is 0. The minimum Gasteiger partial charge on any atom is -0.480 e. The highest BCUT2D eigenvalue weighted by Crippen LogP contribution is 2.40. The van der Waals surface area contributed by atoms with Crippen LogP contribution >= 0.6 is 0 Å². The summed E-state index contributed by atoms with van der Waals surface area (Å²) in [7, 11) is 0. The molecule has 0 amide bonds. The molecule has 8 nitrogen and oxygen atoms in total. The molecule has 3 aliphatic rings. The molecule has 2 fully saturated rings. The standard InChI is InChI=1S/C28H35N3O5/c32-15-13-25(27(33)34)31(36-28(35)22-8-6-20(7-9-22)19-4-5-19)24-16-18(17-24)3-11-23-12-10-21-2-1-14-29-26(21)30-23/h6-10,12,18-19,24-25,32H,1-5,11,13-17H2,(H,29,30)(H,33,34)/t18?,24?,25-/m0/s1. The van der Waals surface area contributed by atoms with Crippen LogP contribution in [-0.2, 0) is 22.5 Å². The number of nitrogens with one attached hydrogen (secondary N) is 1. The summed E-state index contributed by atoms with van der Waals surface area (Å²) in [6.45, 7) is 0.668. The molecule has 192 valence electrons. The lowest BCUT2D eigenvalue weighted by Crippen LogP contribution is -2.53. The Morgan fingerprint density at radius 1 is 1.14 bits per heavy atom. The molecule has 1 aromatic heterocycles. The molecule has 36 heavy (non-hydrogen) atoms. The molecular formula is C28H35N3O5. The Morgan fingerprint density at radius 2 is 1.92 bits per heavy atom. The van der Waals surface area contributed by atoms with Crippen LogP contribution in [0.4, 0.5) is 5.82 Å². The second-order valence-electron chi connectivity index (χ2n) is 10.4. The second-order valence-corrected chi connectivity index (χ2v) is 10.4. The van der Waals surface area contributed by atoms with Gasteiger partial charge in [0, 0.05) is 24.9 Å². The minimum atomic E-state index is -1.10. The Labute approximate surface area is 211 Å². The number of aryl methyl sites for hydroxylation is 2. The lowest BCUT2D eigenvalue weighted by atomic mass is 9.76. The summed E-state index contributed by atoms with van der Waals surface area (Å²) in [6, 6.07) is 10.4. The number of hydroxylamine groups is 2. The van der Waals surface area contributed by atoms with Gasteiger partial charge in [-0.15, -0.1) is 5.06 Å². The molecule has 0 saturated heterocycles. The van der Waals surface area contributed by atoms with Crippen LogP contribution in [0.25, 0.3) is 0 Å². The van der Waals surface area contributed by atoms with E-state index < -0.39 is 18.0 Å². The molecule has 0 spiro atoms. The third-order valence-corrected chi connectivity index (χ3v) is 7.71. The van der Waals surface area contributed by atoms with E-state index in [0.717, 1.165) is 56.6 Å². The van der Waals surface area contributed by atoms with Gasteiger partial charge in [0.1, 0.15) is 11.9 Å². The van der Waals surface area contributed by atoms with Gasteiger partial charge in [0.05, 0.1) is 5.56 Å². The van der Waals surface area contributed by atoms with E-state index in [1.54, 1.807) is 12.1 Å². The molecule has 5 rings (SSSR count). The van der Waals surface area contributed by atoms with Crippen molar-refractivity contribution in [2.75, 3.05) is 18.5 Å². The van der Waals surface area contributed by atoms with E-state index >= 15 is 0 Å². The topological polar surface area (TPSA) is 112 Å². The zero-order chi connectivity index (χ0) is 25.1. The van der Waals surface area contributed by atoms with Crippen LogP contribution < -0.4 is 5.32 Å². The number of carbonyl (C=O) groups is 2. The van der Waals surface area contributed by atoms with E-state index in [1.165, 1.54) is 29.0 Å². The summed E-state index contributed by atoms with van der Waals surface area (Å²) in [4.78, 5) is 35.3. The van der Waals surface area contributed by atoms with Crippen LogP contribution in [0.1, 0.15) is 78.0 Å². The number of aliphatic hydroxyl groups excluding tert-OH is 1. The van der Waals surface area contributed by atoms with Gasteiger partial charge in [-0.2, -0.15) is 0 Å². The van der Waals surface area contributed by atoms with Crippen molar-refractivity contribution >= 4 is 17.8 Å². The van der Waals surface area contributed by atoms with E-state index in [9.17, 15) is 19.8 Å². The zero-order valence-corrected chi connectivity index (χ0v) is 20.6. The van der Waals surface area contributed by atoms with E-state index in [2.05, 4.69) is 17.4 Å². The van der Waals surface area contributed by atoms with Crippen molar-refractivity contribution in [2.45, 2.75) is 75.8 Å². The normalized spacial score (nSPS) is 21.7. The number of aliphatic carboxylic acids is 1. The molecule has 1 aromatic carbocycles. The van der Waals surface area contributed by atoms with Crippen LogP contribution in [0, 0.1) is 5.92 Å². The van der Waals surface area contributed by atoms with Crippen molar-refractivity contribution in [1.29, 1.82) is 0 Å². The first-order valence-corrected chi connectivity index (χ1v) is 13.2. The van der Waals surface area contributed by atoms with Crippen molar-refractivity contribution in [2.24, 2.45) is 5.92 Å². The molecule has 8 heteroatoms. The van der Waals surface area contributed by atoms with Gasteiger partial charge in [-0.25, -0.2) is 9.78 Å². The zero-order valence-electron chi connectivity index (χ0n) is 20.6. The van der Waals surface area contributed by atoms with Crippen LogP contribution in [0.15, 0.2) is 36.4 Å². The highest BCUT2D eigenvalue weighted by atomic mass is 16.7. The highest BCUT2D eigenvalue weighted by Gasteiger charge is 2.42. The number of aliphatic hydroxyl groups is 1. The maximum atomic E-state index is 12.9. The molecule has 2 aromatic rings. The Kier molecular flexibility index (Phi) is 7.53. The molecule has 2 aliphatic carbocycles. The highest BCUT2D eigenvalue weighted by molar-refractivity contribution is 5.89. The van der Waals surface area contributed by atoms with Gasteiger partial charge in [-0.05, 0) is 98.9 Å². The summed E-state index contributed by atoms with van der Waals surface area (Å²) in [5.74, 6) is 0.336. The van der Waals surface area contributed by atoms with E-state index in [-0.39, 0.29) is 19.1 Å². The Morgan fingerprint density at radius 3 is 2.61 bits per heavy atom. The maximum absolute atomic E-state index is 12.9. The lowest BCUT2D eigenvalue weighted by molar-refractivity contribution is -0.204. The summed E-state index contributed by atoms with van der Waals surface area (Å²) in [6.07, 6.45) is 7.86. The summed E-state index contributed by atoms with van der Waals surface area (Å²) in [5.41, 5.74) is 3.96. The number of anilines is 1. The van der Waals surface area contributed by atoms with Gasteiger partial charge < -0.3 is 20.4 Å². The van der Waals surface area contributed by atoms with Gasteiger partial charge >= 0.3 is 11.9 Å². The van der Waals surface area contributed by atoms with Gasteiger partial charge in [0.25, 0.3) is 0 Å². The van der Waals surface area contributed by atoms with Crippen LogP contribution in [0.5, 0.6) is 0 Å². The van der Waals surface area contributed by atoms with Crippen LogP contribution in [0.3, 0.4) is 0 Å². The fourth-order valence-corrected chi connectivity index (χ4v) is 5.34. The van der Waals surface area contributed by atoms with Gasteiger partial charge in [-0.1, -0.05) is 18.2 Å². The fourth-order valence-electron chi connectivity index (χ4n) is 5.34. The van der Waals surface area contributed by atoms with Gasteiger partial charge in [-0.3, -0.25) is 4.79 Å². The first kappa shape index (κ1) is 24.7. The molecule has 2 saturated carbocycles. The lowest BCUT2D eigenvalue weighted by Gasteiger charge is -2.43. The van der Waals surface area contributed by atoms with Crippen LogP contribution in [-0.4, -0.2) is 57.4 Å². The van der Waals surface area contributed by atoms with Gasteiger partial charge in [0.15, 0.2) is 0 Å². The number of nitrogens with zero attached hydrogens (tertiary/aromatic N) is 2. The number of hydrogen-bond acceptors (Lipinski definition) is 7. The predicted octanol–water partition coefficient (Wildman–Crippen LogP) is 3.94. The molecule has 1 atom stereocenters. The molecule has 3 N–H and O–H groups in total. The Hall–Kier alpha value is -2.97. The third kappa shape index (κ3) is 5.71. The average molecular weight is 494 g/mol. The summed E-state index contributed by atoms with van der Waals surface area (Å²) in [5, 5.41) is 23.9. The quantitative estimate of drug-likeness (QED) is 0.404. The van der Waals surface area contributed by atoms with Crippen molar-refractivity contribution in [3.8, 4) is 0 Å². The Balaban J connectivity index is 1.19. The molecule has 0 unspecified atom stereocenters. The fraction of sp³-hybridized carbons (Fsp3) is 0.536. The largest absolute Gasteiger partial charge is 0.480 e. The van der Waals surface area contributed by atoms with Crippen molar-refractivity contribution < 1.29 is 24.6 Å². The number of fused-ring (bicyclic) bond motifs is 1. The first-order valence-electron chi connectivity index (χ1n) is 13.2. The second kappa shape index (κ2) is 11.0. The Bertz CT molecular complexity index is 1080. The molecule has 1 aliphatic heterocycles. The number of hydrogen-bond donors (Lipinski definition) is 3. The number of carboxylic acids is 1. The van der Waals surface area contributed by atoms with Crippen molar-refractivity contribution in [3.05, 3.63) is 58.8 Å². The number of rotatable bonds is 11. The molecule has 0 radical (unpaired) electrons. The number of carboxylic acid groups (broad SMARTS) is 1. The molecule has 0 bridgehead atoms. The summed E-state index contributed by atoms with van der Waals surface area (Å²) < 4.78 is 0. The van der Waals surface area contributed by atoms with Gasteiger partial charge in [0.2, 0.25) is 0 Å². The number of aromatic nitrogens is 1. The number of benzene rings is 1.